The van der Waals surface area contributed by atoms with E-state index < -0.39 is 0 Å². The third-order valence-corrected chi connectivity index (χ3v) is 2.79. The van der Waals surface area contributed by atoms with Gasteiger partial charge in [-0.3, -0.25) is 0 Å². The van der Waals surface area contributed by atoms with Gasteiger partial charge in [0.2, 0.25) is 0 Å². The predicted octanol–water partition coefficient (Wildman–Crippen LogP) is 2.49. The molecule has 0 aliphatic carbocycles. The molecule has 4 nitrogen and oxygen atoms in total. The fourth-order valence-corrected chi connectivity index (χ4v) is 1.71. The van der Waals surface area contributed by atoms with Crippen LogP contribution in [0.2, 0.25) is 0 Å². The van der Waals surface area contributed by atoms with Crippen molar-refractivity contribution in [2.24, 2.45) is 0 Å². The summed E-state index contributed by atoms with van der Waals surface area (Å²) in [7, 11) is 0. The Bertz CT molecular complexity index is 499. The molecule has 0 saturated heterocycles. The van der Waals surface area contributed by atoms with E-state index in [2.05, 4.69) is 41.3 Å². The highest BCUT2D eigenvalue weighted by Crippen LogP contribution is 2.15. The molecule has 2 rings (SSSR count). The Kier molecular flexibility index (Phi) is 3.89. The second kappa shape index (κ2) is 5.60. The van der Waals surface area contributed by atoms with Gasteiger partial charge >= 0.3 is 0 Å². The Hall–Kier alpha value is -1.94. The van der Waals surface area contributed by atoms with Crippen molar-refractivity contribution in [2.75, 3.05) is 6.54 Å². The molecule has 1 aromatic heterocycles. The summed E-state index contributed by atoms with van der Waals surface area (Å²) in [5.74, 6) is 0. The first-order valence-corrected chi connectivity index (χ1v) is 6.01. The van der Waals surface area contributed by atoms with Crippen LogP contribution < -0.4 is 5.32 Å². The summed E-state index contributed by atoms with van der Waals surface area (Å²) < 4.78 is 1.75. The molecule has 18 heavy (non-hydrogen) atoms. The van der Waals surface area contributed by atoms with Crippen molar-refractivity contribution in [3.63, 3.8) is 0 Å². The normalized spacial score (nSPS) is 12.3. The molecule has 0 saturated carbocycles. The zero-order chi connectivity index (χ0) is 13.0. The number of aromatic nitrogens is 3. The van der Waals surface area contributed by atoms with Crippen molar-refractivity contribution in [1.82, 2.24) is 20.3 Å². The molecule has 0 amide bonds. The topological polar surface area (TPSA) is 42.7 Å². The summed E-state index contributed by atoms with van der Waals surface area (Å²) in [5.41, 5.74) is 3.41. The lowest BCUT2D eigenvalue weighted by Gasteiger charge is -2.14. The molecule has 0 aliphatic rings. The van der Waals surface area contributed by atoms with Gasteiger partial charge in [0.1, 0.15) is 0 Å². The maximum Gasteiger partial charge on any atom is 0.0697 e. The van der Waals surface area contributed by atoms with Crippen LogP contribution >= 0.6 is 0 Å². The van der Waals surface area contributed by atoms with Crippen LogP contribution in [0.4, 0.5) is 0 Å². The molecule has 0 bridgehead atoms. The summed E-state index contributed by atoms with van der Waals surface area (Å²) in [6.45, 7) is 8.89. The van der Waals surface area contributed by atoms with Gasteiger partial charge in [-0.25, -0.2) is 4.68 Å². The van der Waals surface area contributed by atoms with Crippen molar-refractivity contribution >= 4 is 0 Å². The minimum Gasteiger partial charge on any atom is -0.306 e. The highest BCUT2D eigenvalue weighted by molar-refractivity contribution is 5.34. The smallest absolute Gasteiger partial charge is 0.0697 e. The Morgan fingerprint density at radius 1 is 1.39 bits per heavy atom. The predicted molar refractivity (Wildman–Crippen MR) is 72.6 cm³/mol. The van der Waals surface area contributed by atoms with Gasteiger partial charge in [-0.05, 0) is 31.5 Å². The second-order valence-corrected chi connectivity index (χ2v) is 4.50. The highest BCUT2D eigenvalue weighted by Gasteiger charge is 2.05. The Morgan fingerprint density at radius 3 is 2.67 bits per heavy atom. The fourth-order valence-electron chi connectivity index (χ4n) is 1.71. The van der Waals surface area contributed by atoms with Gasteiger partial charge in [0, 0.05) is 12.6 Å². The standard InChI is InChI=1S/C14H18N4/c1-11(2)10-15-12(3)13-4-6-14(7-5-13)18-9-8-16-17-18/h4-9,12,15H,1,10H2,2-3H3. The Labute approximate surface area is 107 Å². The molecule has 0 aliphatic heterocycles. The van der Waals surface area contributed by atoms with E-state index in [1.807, 2.05) is 25.3 Å². The number of rotatable bonds is 5. The lowest BCUT2D eigenvalue weighted by Crippen LogP contribution is -2.20. The van der Waals surface area contributed by atoms with Crippen LogP contribution in [0.15, 0.2) is 48.8 Å². The van der Waals surface area contributed by atoms with Crippen LogP contribution in [0.1, 0.15) is 25.5 Å². The number of benzene rings is 1. The molecule has 94 valence electrons. The van der Waals surface area contributed by atoms with Crippen molar-refractivity contribution in [3.05, 3.63) is 54.4 Å². The van der Waals surface area contributed by atoms with Gasteiger partial charge in [-0.15, -0.1) is 5.10 Å². The van der Waals surface area contributed by atoms with E-state index in [1.54, 1.807) is 10.9 Å². The minimum atomic E-state index is 0.312. The quantitative estimate of drug-likeness (QED) is 0.819. The van der Waals surface area contributed by atoms with E-state index in [4.69, 9.17) is 0 Å². The number of nitrogens with one attached hydrogen (secondary N) is 1. The molecule has 0 fully saturated rings. The number of hydrogen-bond acceptors (Lipinski definition) is 3. The molecular formula is C14H18N4. The van der Waals surface area contributed by atoms with E-state index in [0.717, 1.165) is 17.8 Å². The largest absolute Gasteiger partial charge is 0.306 e. The van der Waals surface area contributed by atoms with Crippen molar-refractivity contribution < 1.29 is 0 Å². The van der Waals surface area contributed by atoms with Gasteiger partial charge in [-0.1, -0.05) is 29.5 Å². The molecule has 0 radical (unpaired) electrons. The maximum absolute atomic E-state index is 3.96. The third-order valence-electron chi connectivity index (χ3n) is 2.79. The van der Waals surface area contributed by atoms with Crippen molar-refractivity contribution in [1.29, 1.82) is 0 Å². The molecule has 2 aromatic rings. The average molecular weight is 242 g/mol. The number of hydrogen-bond donors (Lipinski definition) is 1. The maximum atomic E-state index is 3.96. The van der Waals surface area contributed by atoms with E-state index >= 15 is 0 Å². The van der Waals surface area contributed by atoms with E-state index in [9.17, 15) is 0 Å². The molecule has 1 atom stereocenters. The molecular weight excluding hydrogens is 224 g/mol. The average Bonchev–Trinajstić information content (AvgIpc) is 2.90. The van der Waals surface area contributed by atoms with Crippen LogP contribution in [0.5, 0.6) is 0 Å². The zero-order valence-electron chi connectivity index (χ0n) is 10.8. The van der Waals surface area contributed by atoms with Gasteiger partial charge in [0.05, 0.1) is 18.1 Å². The van der Waals surface area contributed by atoms with Crippen LogP contribution in [-0.2, 0) is 0 Å². The highest BCUT2D eigenvalue weighted by atomic mass is 15.4. The fraction of sp³-hybridized carbons (Fsp3) is 0.286. The number of nitrogens with zero attached hydrogens (tertiary/aromatic N) is 3. The molecule has 1 unspecified atom stereocenters. The zero-order valence-corrected chi connectivity index (χ0v) is 10.8. The summed E-state index contributed by atoms with van der Waals surface area (Å²) in [6, 6.07) is 8.61. The molecule has 4 heteroatoms. The molecule has 1 N–H and O–H groups in total. The lowest BCUT2D eigenvalue weighted by atomic mass is 10.1. The molecule has 0 spiro atoms. The summed E-state index contributed by atoms with van der Waals surface area (Å²) >= 11 is 0. The monoisotopic (exact) mass is 242 g/mol. The van der Waals surface area contributed by atoms with Gasteiger partial charge in [-0.2, -0.15) is 0 Å². The van der Waals surface area contributed by atoms with Gasteiger partial charge in [0.15, 0.2) is 0 Å². The lowest BCUT2D eigenvalue weighted by molar-refractivity contribution is 0.607. The Balaban J connectivity index is 2.05. The van der Waals surface area contributed by atoms with E-state index in [0.29, 0.717) is 6.04 Å². The van der Waals surface area contributed by atoms with Gasteiger partial charge < -0.3 is 5.32 Å². The first kappa shape index (κ1) is 12.5. The minimum absolute atomic E-state index is 0.312. The van der Waals surface area contributed by atoms with Crippen molar-refractivity contribution in [3.8, 4) is 5.69 Å². The summed E-state index contributed by atoms with van der Waals surface area (Å²) in [5, 5.41) is 11.2. The summed E-state index contributed by atoms with van der Waals surface area (Å²) in [4.78, 5) is 0. The van der Waals surface area contributed by atoms with E-state index in [1.165, 1.54) is 5.56 Å². The first-order chi connectivity index (χ1) is 8.66. The Morgan fingerprint density at radius 2 is 2.11 bits per heavy atom. The third kappa shape index (κ3) is 3.05. The SMILES string of the molecule is C=C(C)CNC(C)c1ccc(-n2ccnn2)cc1. The van der Waals surface area contributed by atoms with Crippen molar-refractivity contribution in [2.45, 2.75) is 19.9 Å². The first-order valence-electron chi connectivity index (χ1n) is 6.01. The van der Waals surface area contributed by atoms with Crippen LogP contribution in [0, 0.1) is 0 Å². The van der Waals surface area contributed by atoms with E-state index in [-0.39, 0.29) is 0 Å². The summed E-state index contributed by atoms with van der Waals surface area (Å²) in [6.07, 6.45) is 3.50. The van der Waals surface area contributed by atoms with Crippen LogP contribution in [0.3, 0.4) is 0 Å². The van der Waals surface area contributed by atoms with Crippen LogP contribution in [0.25, 0.3) is 5.69 Å². The van der Waals surface area contributed by atoms with Gasteiger partial charge in [0.25, 0.3) is 0 Å². The molecule has 1 aromatic carbocycles. The second-order valence-electron chi connectivity index (χ2n) is 4.50. The van der Waals surface area contributed by atoms with Crippen LogP contribution in [-0.4, -0.2) is 21.5 Å². The molecule has 1 heterocycles.